The molecule has 0 amide bonds. The van der Waals surface area contributed by atoms with Crippen LogP contribution in [0.3, 0.4) is 0 Å². The lowest BCUT2D eigenvalue weighted by Crippen LogP contribution is -2.30. The van der Waals surface area contributed by atoms with Gasteiger partial charge in [-0.2, -0.15) is 0 Å². The van der Waals surface area contributed by atoms with Crippen molar-refractivity contribution < 1.29 is 0 Å². The highest BCUT2D eigenvalue weighted by Gasteiger charge is 2.44. The quantitative estimate of drug-likeness (QED) is 0.551. The maximum absolute atomic E-state index is 5.64. The molecule has 1 aliphatic rings. The SMILES string of the molecule is NNC(c1ncc[nH]1)C1CC1c1ccccc1. The maximum Gasteiger partial charge on any atom is 0.124 e. The van der Waals surface area contributed by atoms with Gasteiger partial charge in [0.15, 0.2) is 0 Å². The number of nitrogens with one attached hydrogen (secondary N) is 2. The summed E-state index contributed by atoms with van der Waals surface area (Å²) in [7, 11) is 0. The Morgan fingerprint density at radius 3 is 2.82 bits per heavy atom. The fourth-order valence-corrected chi connectivity index (χ4v) is 2.52. The number of hydrazine groups is 1. The number of hydrogen-bond donors (Lipinski definition) is 3. The molecule has 2 aromatic rings. The molecule has 0 radical (unpaired) electrons. The molecule has 1 aromatic carbocycles. The van der Waals surface area contributed by atoms with Gasteiger partial charge < -0.3 is 4.98 Å². The van der Waals surface area contributed by atoms with Gasteiger partial charge in [-0.3, -0.25) is 5.84 Å². The van der Waals surface area contributed by atoms with Gasteiger partial charge in [0.1, 0.15) is 5.82 Å². The third kappa shape index (κ3) is 1.97. The summed E-state index contributed by atoms with van der Waals surface area (Å²) in [6, 6.07) is 10.7. The number of aromatic nitrogens is 2. The Bertz CT molecular complexity index is 465. The molecule has 0 bridgehead atoms. The molecule has 17 heavy (non-hydrogen) atoms. The molecule has 1 aliphatic carbocycles. The van der Waals surface area contributed by atoms with Crippen LogP contribution in [-0.2, 0) is 0 Å². The van der Waals surface area contributed by atoms with E-state index in [-0.39, 0.29) is 6.04 Å². The van der Waals surface area contributed by atoms with Gasteiger partial charge in [0.2, 0.25) is 0 Å². The molecule has 4 heteroatoms. The predicted octanol–water partition coefficient (Wildman–Crippen LogP) is 1.72. The Morgan fingerprint density at radius 1 is 1.35 bits per heavy atom. The molecule has 4 nitrogen and oxygen atoms in total. The topological polar surface area (TPSA) is 66.7 Å². The summed E-state index contributed by atoms with van der Waals surface area (Å²) in [5.74, 6) is 7.70. The molecule has 1 heterocycles. The van der Waals surface area contributed by atoms with Crippen LogP contribution in [0, 0.1) is 5.92 Å². The summed E-state index contributed by atoms with van der Waals surface area (Å²) in [5.41, 5.74) is 4.27. The van der Waals surface area contributed by atoms with Crippen LogP contribution >= 0.6 is 0 Å². The van der Waals surface area contributed by atoms with E-state index in [1.165, 1.54) is 12.0 Å². The van der Waals surface area contributed by atoms with Gasteiger partial charge >= 0.3 is 0 Å². The minimum Gasteiger partial charge on any atom is -0.347 e. The summed E-state index contributed by atoms with van der Waals surface area (Å²) in [6.45, 7) is 0. The fourth-order valence-electron chi connectivity index (χ4n) is 2.52. The monoisotopic (exact) mass is 228 g/mol. The van der Waals surface area contributed by atoms with E-state index in [1.54, 1.807) is 6.20 Å². The molecule has 1 fully saturated rings. The average Bonchev–Trinajstić information content (AvgIpc) is 2.97. The summed E-state index contributed by atoms with van der Waals surface area (Å²) in [4.78, 5) is 7.41. The highest BCUT2D eigenvalue weighted by atomic mass is 15.3. The number of nitrogens with zero attached hydrogens (tertiary/aromatic N) is 1. The summed E-state index contributed by atoms with van der Waals surface area (Å²) in [5, 5.41) is 0. The van der Waals surface area contributed by atoms with Crippen molar-refractivity contribution in [1.29, 1.82) is 0 Å². The van der Waals surface area contributed by atoms with Gasteiger partial charge in [-0.25, -0.2) is 10.4 Å². The van der Waals surface area contributed by atoms with Gasteiger partial charge in [0, 0.05) is 12.4 Å². The van der Waals surface area contributed by atoms with E-state index in [9.17, 15) is 0 Å². The molecule has 0 aliphatic heterocycles. The van der Waals surface area contributed by atoms with Gasteiger partial charge in [0.05, 0.1) is 6.04 Å². The van der Waals surface area contributed by atoms with E-state index in [1.807, 2.05) is 12.3 Å². The van der Waals surface area contributed by atoms with E-state index in [0.717, 1.165) is 5.82 Å². The van der Waals surface area contributed by atoms with Gasteiger partial charge in [-0.1, -0.05) is 30.3 Å². The number of benzene rings is 1. The van der Waals surface area contributed by atoms with E-state index in [2.05, 4.69) is 39.7 Å². The van der Waals surface area contributed by atoms with Crippen LogP contribution < -0.4 is 11.3 Å². The fraction of sp³-hybridized carbons (Fsp3) is 0.308. The minimum atomic E-state index is 0.121. The Labute approximate surface area is 100 Å². The average molecular weight is 228 g/mol. The van der Waals surface area contributed by atoms with E-state index in [0.29, 0.717) is 11.8 Å². The van der Waals surface area contributed by atoms with Crippen molar-refractivity contribution in [3.63, 3.8) is 0 Å². The summed E-state index contributed by atoms with van der Waals surface area (Å²) >= 11 is 0. The molecule has 4 N–H and O–H groups in total. The number of H-pyrrole nitrogens is 1. The third-order valence-corrected chi connectivity index (χ3v) is 3.49. The van der Waals surface area contributed by atoms with Gasteiger partial charge in [-0.05, 0) is 23.8 Å². The Morgan fingerprint density at radius 2 is 2.18 bits per heavy atom. The van der Waals surface area contributed by atoms with Crippen LogP contribution in [0.2, 0.25) is 0 Å². The molecule has 1 aromatic heterocycles. The van der Waals surface area contributed by atoms with Crippen LogP contribution in [0.4, 0.5) is 0 Å². The predicted molar refractivity (Wildman–Crippen MR) is 65.9 cm³/mol. The number of nitrogens with two attached hydrogens (primary N) is 1. The van der Waals surface area contributed by atoms with Crippen LogP contribution in [0.15, 0.2) is 42.7 Å². The van der Waals surface area contributed by atoms with E-state index < -0.39 is 0 Å². The highest BCUT2D eigenvalue weighted by Crippen LogP contribution is 2.53. The summed E-state index contributed by atoms with van der Waals surface area (Å²) in [6.07, 6.45) is 4.76. The zero-order valence-electron chi connectivity index (χ0n) is 9.51. The van der Waals surface area contributed by atoms with E-state index in [4.69, 9.17) is 5.84 Å². The molecule has 3 unspecified atom stereocenters. The zero-order chi connectivity index (χ0) is 11.7. The van der Waals surface area contributed by atoms with Crippen molar-refractivity contribution in [1.82, 2.24) is 15.4 Å². The van der Waals surface area contributed by atoms with Crippen molar-refractivity contribution >= 4 is 0 Å². The highest BCUT2D eigenvalue weighted by molar-refractivity contribution is 5.27. The van der Waals surface area contributed by atoms with Crippen molar-refractivity contribution in [2.24, 2.45) is 11.8 Å². The molecular formula is C13H16N4. The maximum atomic E-state index is 5.64. The standard InChI is InChI=1S/C13H16N4/c14-17-12(13-15-6-7-16-13)11-8-10(11)9-4-2-1-3-5-9/h1-7,10-12,17H,8,14H2,(H,15,16). The molecule has 3 rings (SSSR count). The van der Waals surface area contributed by atoms with Crippen molar-refractivity contribution in [3.8, 4) is 0 Å². The first-order chi connectivity index (χ1) is 8.40. The van der Waals surface area contributed by atoms with Crippen LogP contribution in [0.1, 0.15) is 29.8 Å². The number of imidazole rings is 1. The zero-order valence-corrected chi connectivity index (χ0v) is 9.51. The molecule has 3 atom stereocenters. The molecular weight excluding hydrogens is 212 g/mol. The van der Waals surface area contributed by atoms with Crippen molar-refractivity contribution in [3.05, 3.63) is 54.1 Å². The van der Waals surface area contributed by atoms with Crippen LogP contribution in [0.5, 0.6) is 0 Å². The molecule has 0 saturated heterocycles. The number of rotatable bonds is 4. The Balaban J connectivity index is 1.75. The summed E-state index contributed by atoms with van der Waals surface area (Å²) < 4.78 is 0. The largest absolute Gasteiger partial charge is 0.347 e. The van der Waals surface area contributed by atoms with Crippen LogP contribution in [-0.4, -0.2) is 9.97 Å². The lowest BCUT2D eigenvalue weighted by atomic mass is 10.1. The third-order valence-electron chi connectivity index (χ3n) is 3.49. The second-order valence-electron chi connectivity index (χ2n) is 4.54. The first-order valence-electron chi connectivity index (χ1n) is 5.90. The van der Waals surface area contributed by atoms with Crippen molar-refractivity contribution in [2.75, 3.05) is 0 Å². The molecule has 88 valence electrons. The lowest BCUT2D eigenvalue weighted by molar-refractivity contribution is 0.467. The second-order valence-corrected chi connectivity index (χ2v) is 4.54. The Hall–Kier alpha value is -1.65. The Kier molecular flexibility index (Phi) is 2.66. The normalized spacial score (nSPS) is 24.5. The molecule has 1 saturated carbocycles. The first kappa shape index (κ1) is 10.5. The molecule has 0 spiro atoms. The number of hydrogen-bond acceptors (Lipinski definition) is 3. The number of aromatic amines is 1. The first-order valence-corrected chi connectivity index (χ1v) is 5.90. The van der Waals surface area contributed by atoms with Gasteiger partial charge in [-0.15, -0.1) is 0 Å². The lowest BCUT2D eigenvalue weighted by Gasteiger charge is -2.13. The second kappa shape index (κ2) is 4.31. The van der Waals surface area contributed by atoms with Gasteiger partial charge in [0.25, 0.3) is 0 Å². The minimum absolute atomic E-state index is 0.121. The van der Waals surface area contributed by atoms with Crippen LogP contribution in [0.25, 0.3) is 0 Å². The van der Waals surface area contributed by atoms with Crippen molar-refractivity contribution in [2.45, 2.75) is 18.4 Å². The smallest absolute Gasteiger partial charge is 0.124 e. The van der Waals surface area contributed by atoms with E-state index >= 15 is 0 Å².